The normalized spacial score (nSPS) is 14.2. The van der Waals surface area contributed by atoms with Crippen LogP contribution in [0.2, 0.25) is 5.02 Å². The van der Waals surface area contributed by atoms with Crippen LogP contribution in [0.25, 0.3) is 0 Å². The first-order chi connectivity index (χ1) is 19.0. The van der Waals surface area contributed by atoms with Crippen molar-refractivity contribution in [1.82, 2.24) is 9.97 Å². The molecule has 1 aliphatic rings. The fraction of sp³-hybridized carbons (Fsp3) is 0.429. The minimum atomic E-state index is -4.04. The maximum atomic E-state index is 13.6. The van der Waals surface area contributed by atoms with Gasteiger partial charge in [-0.2, -0.15) is 9.97 Å². The van der Waals surface area contributed by atoms with E-state index in [1.54, 1.807) is 49.6 Å². The summed E-state index contributed by atoms with van der Waals surface area (Å²) in [5.41, 5.74) is 1.91. The first-order valence-electron chi connectivity index (χ1n) is 12.9. The highest BCUT2D eigenvalue weighted by Crippen LogP contribution is 2.34. The number of nitrogens with one attached hydrogen (secondary N) is 1. The van der Waals surface area contributed by atoms with Crippen LogP contribution < -0.4 is 19.1 Å². The summed E-state index contributed by atoms with van der Waals surface area (Å²) in [7, 11) is -2.50. The molecule has 0 bridgehead atoms. The summed E-state index contributed by atoms with van der Waals surface area (Å²) in [5, 5.41) is 9.93. The number of anilines is 2. The highest BCUT2D eigenvalue weighted by Gasteiger charge is 2.26. The molecule has 1 aliphatic heterocycles. The van der Waals surface area contributed by atoms with Crippen LogP contribution in [0.15, 0.2) is 47.4 Å². The summed E-state index contributed by atoms with van der Waals surface area (Å²) in [5.74, 6) is 1.08. The number of hydrogen-bond acceptors (Lipinski definition) is 9. The van der Waals surface area contributed by atoms with Crippen LogP contribution in [0.3, 0.4) is 0 Å². The summed E-state index contributed by atoms with van der Waals surface area (Å²) in [4.78, 5) is 11.3. The average Bonchev–Trinajstić information content (AvgIpc) is 2.94. The number of methoxy groups -OCH3 is 1. The second-order valence-electron chi connectivity index (χ2n) is 10.3. The number of benzene rings is 2. The molecule has 1 saturated heterocycles. The predicted molar refractivity (Wildman–Crippen MR) is 154 cm³/mol. The molecule has 2 aromatic carbocycles. The second-order valence-corrected chi connectivity index (χ2v) is 12.4. The third kappa shape index (κ3) is 7.14. The quantitative estimate of drug-likeness (QED) is 0.360. The average molecular weight is 591 g/mol. The molecule has 0 atom stereocenters. The largest absolute Gasteiger partial charge is 0.497 e. The Morgan fingerprint density at radius 3 is 2.42 bits per heavy atom. The van der Waals surface area contributed by atoms with E-state index in [-0.39, 0.29) is 47.6 Å². The van der Waals surface area contributed by atoms with Crippen LogP contribution in [0.1, 0.15) is 37.5 Å². The standard InChI is InChI=1S/C28H35ClN4O6S/c1-28(2,3)20-5-8-22(9-6-20)40(35,36)32-25-23(18-19-17-21(37-4)7-10-24(19)29)26(39-16-13-34)31-27(30-25)33-11-14-38-15-12-33/h5-10,17,34H,11-16,18H2,1-4H3,(H,30,31,32). The van der Waals surface area contributed by atoms with Gasteiger partial charge in [-0.1, -0.05) is 44.5 Å². The predicted octanol–water partition coefficient (Wildman–Crippen LogP) is 4.04. The van der Waals surface area contributed by atoms with Crippen LogP contribution in [-0.4, -0.2) is 70.1 Å². The lowest BCUT2D eigenvalue weighted by molar-refractivity contribution is 0.122. The number of sulfonamides is 1. The molecule has 0 unspecified atom stereocenters. The number of halogens is 1. The van der Waals surface area contributed by atoms with E-state index in [1.165, 1.54) is 0 Å². The van der Waals surface area contributed by atoms with Gasteiger partial charge in [-0.15, -0.1) is 0 Å². The molecule has 2 heterocycles. The fourth-order valence-corrected chi connectivity index (χ4v) is 5.41. The Labute approximate surface area is 240 Å². The minimum Gasteiger partial charge on any atom is -0.497 e. The molecule has 0 spiro atoms. The Kier molecular flexibility index (Phi) is 9.40. The summed E-state index contributed by atoms with van der Waals surface area (Å²) in [6.45, 7) is 7.92. The topological polar surface area (TPSA) is 123 Å². The number of rotatable bonds is 10. The van der Waals surface area contributed by atoms with Crippen molar-refractivity contribution in [3.63, 3.8) is 0 Å². The van der Waals surface area contributed by atoms with Crippen LogP contribution >= 0.6 is 11.6 Å². The molecule has 40 heavy (non-hydrogen) atoms. The molecule has 4 rings (SSSR count). The van der Waals surface area contributed by atoms with Gasteiger partial charge in [0, 0.05) is 24.5 Å². The number of morpholine rings is 1. The molecule has 0 saturated carbocycles. The van der Waals surface area contributed by atoms with Crippen LogP contribution in [0, 0.1) is 0 Å². The van der Waals surface area contributed by atoms with E-state index in [0.29, 0.717) is 48.2 Å². The van der Waals surface area contributed by atoms with Crippen molar-refractivity contribution in [3.8, 4) is 11.6 Å². The molecule has 1 fully saturated rings. The Morgan fingerprint density at radius 2 is 1.80 bits per heavy atom. The first kappa shape index (κ1) is 29.9. The molecule has 0 amide bonds. The van der Waals surface area contributed by atoms with Crippen molar-refractivity contribution < 1.29 is 27.7 Å². The molecule has 0 radical (unpaired) electrons. The van der Waals surface area contributed by atoms with Gasteiger partial charge >= 0.3 is 0 Å². The van der Waals surface area contributed by atoms with E-state index >= 15 is 0 Å². The molecule has 216 valence electrons. The van der Waals surface area contributed by atoms with E-state index in [2.05, 4.69) is 35.5 Å². The SMILES string of the molecule is COc1ccc(Cl)c(Cc2c(NS(=O)(=O)c3ccc(C(C)(C)C)cc3)nc(N3CCOCC3)nc2OCCO)c1. The van der Waals surface area contributed by atoms with E-state index < -0.39 is 10.0 Å². The van der Waals surface area contributed by atoms with E-state index in [0.717, 1.165) is 5.56 Å². The zero-order valence-corrected chi connectivity index (χ0v) is 24.7. The first-order valence-corrected chi connectivity index (χ1v) is 14.8. The molecule has 12 heteroatoms. The van der Waals surface area contributed by atoms with Crippen molar-refractivity contribution in [2.75, 3.05) is 56.2 Å². The van der Waals surface area contributed by atoms with E-state index in [4.69, 9.17) is 25.8 Å². The van der Waals surface area contributed by atoms with Crippen molar-refractivity contribution in [3.05, 3.63) is 64.2 Å². The highest BCUT2D eigenvalue weighted by molar-refractivity contribution is 7.92. The van der Waals surface area contributed by atoms with Crippen LogP contribution in [-0.2, 0) is 26.6 Å². The third-order valence-corrected chi connectivity index (χ3v) is 8.19. The molecule has 0 aliphatic carbocycles. The van der Waals surface area contributed by atoms with Gasteiger partial charge in [0.1, 0.15) is 12.4 Å². The summed E-state index contributed by atoms with van der Waals surface area (Å²) >= 11 is 6.51. The van der Waals surface area contributed by atoms with Gasteiger partial charge in [0.05, 0.1) is 37.4 Å². The van der Waals surface area contributed by atoms with E-state index in [9.17, 15) is 13.5 Å². The maximum Gasteiger partial charge on any atom is 0.263 e. The molecule has 1 aromatic heterocycles. The highest BCUT2D eigenvalue weighted by atomic mass is 35.5. The van der Waals surface area contributed by atoms with Crippen molar-refractivity contribution >= 4 is 33.4 Å². The lowest BCUT2D eigenvalue weighted by Gasteiger charge is -2.28. The smallest absolute Gasteiger partial charge is 0.263 e. The lowest BCUT2D eigenvalue weighted by atomic mass is 9.87. The van der Waals surface area contributed by atoms with Crippen LogP contribution in [0.5, 0.6) is 11.6 Å². The summed E-state index contributed by atoms with van der Waals surface area (Å²) in [6.07, 6.45) is 0.140. The monoisotopic (exact) mass is 590 g/mol. The van der Waals surface area contributed by atoms with Crippen molar-refractivity contribution in [2.45, 2.75) is 37.5 Å². The van der Waals surface area contributed by atoms with Gasteiger partial charge in [-0.05, 0) is 46.9 Å². The number of ether oxygens (including phenoxy) is 3. The molecule has 2 N–H and O–H groups in total. The van der Waals surface area contributed by atoms with Gasteiger partial charge in [-0.3, -0.25) is 4.72 Å². The molecular formula is C28H35ClN4O6S. The van der Waals surface area contributed by atoms with Crippen molar-refractivity contribution in [1.29, 1.82) is 0 Å². The lowest BCUT2D eigenvalue weighted by Crippen LogP contribution is -2.37. The number of hydrogen-bond donors (Lipinski definition) is 2. The summed E-state index contributed by atoms with van der Waals surface area (Å²) < 4.78 is 46.6. The summed E-state index contributed by atoms with van der Waals surface area (Å²) in [6, 6.07) is 12.0. The van der Waals surface area contributed by atoms with Gasteiger partial charge in [0.2, 0.25) is 11.8 Å². The Bertz CT molecular complexity index is 1420. The number of aromatic nitrogens is 2. The molecular weight excluding hydrogens is 556 g/mol. The maximum absolute atomic E-state index is 13.6. The van der Waals surface area contributed by atoms with Crippen LogP contribution in [0.4, 0.5) is 11.8 Å². The van der Waals surface area contributed by atoms with Gasteiger partial charge in [-0.25, -0.2) is 8.42 Å². The zero-order chi connectivity index (χ0) is 28.9. The molecule has 3 aromatic rings. The van der Waals surface area contributed by atoms with Gasteiger partial charge in [0.15, 0.2) is 5.82 Å². The van der Waals surface area contributed by atoms with Crippen molar-refractivity contribution in [2.24, 2.45) is 0 Å². The minimum absolute atomic E-state index is 0.0428. The Balaban J connectivity index is 1.82. The zero-order valence-electron chi connectivity index (χ0n) is 23.1. The van der Waals surface area contributed by atoms with Gasteiger partial charge in [0.25, 0.3) is 10.0 Å². The number of aliphatic hydroxyl groups excluding tert-OH is 1. The third-order valence-electron chi connectivity index (χ3n) is 6.46. The Morgan fingerprint density at radius 1 is 1.10 bits per heavy atom. The molecule has 10 nitrogen and oxygen atoms in total. The fourth-order valence-electron chi connectivity index (χ4n) is 4.19. The Hall–Kier alpha value is -3.12. The number of nitrogens with zero attached hydrogens (tertiary/aromatic N) is 3. The van der Waals surface area contributed by atoms with Gasteiger partial charge < -0.3 is 24.2 Å². The number of aliphatic hydroxyl groups is 1. The van der Waals surface area contributed by atoms with E-state index in [1.807, 2.05) is 4.90 Å². The second kappa shape index (κ2) is 12.6.